The number of anilines is 3. The van der Waals surface area contributed by atoms with E-state index in [1.54, 1.807) is 36.5 Å². The van der Waals surface area contributed by atoms with Crippen molar-refractivity contribution in [1.82, 2.24) is 4.98 Å². The van der Waals surface area contributed by atoms with Crippen molar-refractivity contribution in [2.45, 2.75) is 19.3 Å². The van der Waals surface area contributed by atoms with E-state index in [9.17, 15) is 9.59 Å². The largest absolute Gasteiger partial charge is 0.465 e. The van der Waals surface area contributed by atoms with Crippen LogP contribution in [0.15, 0.2) is 42.6 Å². The Bertz CT molecular complexity index is 739. The molecule has 2 N–H and O–H groups in total. The zero-order chi connectivity index (χ0) is 16.9. The molecule has 1 heterocycles. The summed E-state index contributed by atoms with van der Waals surface area (Å²) in [5, 5.41) is 5.96. The molecule has 1 amide bonds. The highest BCUT2D eigenvalue weighted by Crippen LogP contribution is 2.27. The minimum atomic E-state index is -0.407. The standard InChI is InChI=1S/C18H19N3O3/c1-24-18(23)14-7-2-3-8-15(14)20-13-9-10-16(19-11-13)21-17(22)12-5-4-6-12/h2-3,7-12,20H,4-6H2,1H3,(H,19,21,22). The van der Waals surface area contributed by atoms with Crippen LogP contribution in [0.4, 0.5) is 17.2 Å². The molecule has 1 saturated carbocycles. The Morgan fingerprint density at radius 1 is 1.17 bits per heavy atom. The van der Waals surface area contributed by atoms with Gasteiger partial charge in [0.2, 0.25) is 5.91 Å². The van der Waals surface area contributed by atoms with E-state index < -0.39 is 5.97 Å². The van der Waals surface area contributed by atoms with E-state index in [0.29, 0.717) is 22.8 Å². The summed E-state index contributed by atoms with van der Waals surface area (Å²) in [6, 6.07) is 10.6. The fourth-order valence-corrected chi connectivity index (χ4v) is 2.48. The lowest BCUT2D eigenvalue weighted by atomic mass is 9.85. The lowest BCUT2D eigenvalue weighted by Crippen LogP contribution is -2.28. The number of methoxy groups -OCH3 is 1. The summed E-state index contributed by atoms with van der Waals surface area (Å²) in [5.41, 5.74) is 1.80. The number of rotatable bonds is 5. The average molecular weight is 325 g/mol. The molecule has 1 aliphatic rings. The summed E-state index contributed by atoms with van der Waals surface area (Å²) < 4.78 is 4.77. The highest BCUT2D eigenvalue weighted by molar-refractivity contribution is 5.96. The van der Waals surface area contributed by atoms with Crippen molar-refractivity contribution in [2.75, 3.05) is 17.7 Å². The molecule has 1 fully saturated rings. The number of benzene rings is 1. The van der Waals surface area contributed by atoms with Crippen molar-refractivity contribution in [3.8, 4) is 0 Å². The van der Waals surface area contributed by atoms with Crippen molar-refractivity contribution in [3.63, 3.8) is 0 Å². The van der Waals surface area contributed by atoms with Crippen LogP contribution in [-0.4, -0.2) is 24.0 Å². The number of nitrogens with one attached hydrogen (secondary N) is 2. The molecule has 6 nitrogen and oxygen atoms in total. The van der Waals surface area contributed by atoms with Crippen LogP contribution in [0.2, 0.25) is 0 Å². The number of para-hydroxylation sites is 1. The molecule has 124 valence electrons. The zero-order valence-electron chi connectivity index (χ0n) is 13.4. The van der Waals surface area contributed by atoms with Crippen LogP contribution in [0.25, 0.3) is 0 Å². The first-order valence-electron chi connectivity index (χ1n) is 7.88. The quantitative estimate of drug-likeness (QED) is 0.824. The van der Waals surface area contributed by atoms with Gasteiger partial charge in [-0.25, -0.2) is 9.78 Å². The van der Waals surface area contributed by atoms with Gasteiger partial charge in [-0.15, -0.1) is 0 Å². The van der Waals surface area contributed by atoms with Crippen molar-refractivity contribution in [2.24, 2.45) is 5.92 Å². The Kier molecular flexibility index (Phi) is 4.74. The van der Waals surface area contributed by atoms with Crippen molar-refractivity contribution < 1.29 is 14.3 Å². The van der Waals surface area contributed by atoms with Crippen LogP contribution in [0.1, 0.15) is 29.6 Å². The van der Waals surface area contributed by atoms with E-state index in [2.05, 4.69) is 15.6 Å². The number of esters is 1. The smallest absolute Gasteiger partial charge is 0.339 e. The summed E-state index contributed by atoms with van der Waals surface area (Å²) in [5.74, 6) is 0.274. The first-order valence-corrected chi connectivity index (χ1v) is 7.88. The molecule has 1 aromatic carbocycles. The second-order valence-electron chi connectivity index (χ2n) is 5.71. The maximum atomic E-state index is 11.9. The molecule has 1 aromatic heterocycles. The fraction of sp³-hybridized carbons (Fsp3) is 0.278. The van der Waals surface area contributed by atoms with Crippen molar-refractivity contribution in [3.05, 3.63) is 48.2 Å². The van der Waals surface area contributed by atoms with Gasteiger partial charge in [-0.05, 0) is 37.1 Å². The first-order chi connectivity index (χ1) is 11.7. The van der Waals surface area contributed by atoms with Gasteiger partial charge in [0.25, 0.3) is 0 Å². The summed E-state index contributed by atoms with van der Waals surface area (Å²) in [7, 11) is 1.35. The summed E-state index contributed by atoms with van der Waals surface area (Å²) >= 11 is 0. The number of ether oxygens (including phenoxy) is 1. The summed E-state index contributed by atoms with van der Waals surface area (Å²) in [6.07, 6.45) is 4.64. The van der Waals surface area contributed by atoms with Gasteiger partial charge in [0.15, 0.2) is 0 Å². The Hall–Kier alpha value is -2.89. The number of hydrogen-bond acceptors (Lipinski definition) is 5. The van der Waals surface area contributed by atoms with Gasteiger partial charge in [-0.3, -0.25) is 4.79 Å². The first kappa shape index (κ1) is 16.0. The van der Waals surface area contributed by atoms with E-state index in [1.807, 2.05) is 6.07 Å². The van der Waals surface area contributed by atoms with Gasteiger partial charge >= 0.3 is 5.97 Å². The predicted molar refractivity (Wildman–Crippen MR) is 91.3 cm³/mol. The minimum Gasteiger partial charge on any atom is -0.465 e. The molecule has 6 heteroatoms. The van der Waals surface area contributed by atoms with E-state index >= 15 is 0 Å². The molecule has 3 rings (SSSR count). The molecule has 1 aliphatic carbocycles. The molecule has 0 atom stereocenters. The third-order valence-corrected chi connectivity index (χ3v) is 4.10. The van der Waals surface area contributed by atoms with Crippen molar-refractivity contribution in [1.29, 1.82) is 0 Å². The third-order valence-electron chi connectivity index (χ3n) is 4.10. The molecular formula is C18H19N3O3. The number of carbonyl (C=O) groups excluding carboxylic acids is 2. The molecule has 0 aliphatic heterocycles. The number of amides is 1. The Labute approximate surface area is 140 Å². The van der Waals surface area contributed by atoms with E-state index in [-0.39, 0.29) is 11.8 Å². The van der Waals surface area contributed by atoms with Crippen LogP contribution in [0.5, 0.6) is 0 Å². The van der Waals surface area contributed by atoms with Crippen LogP contribution >= 0.6 is 0 Å². The van der Waals surface area contributed by atoms with Gasteiger partial charge in [0.1, 0.15) is 5.82 Å². The SMILES string of the molecule is COC(=O)c1ccccc1Nc1ccc(NC(=O)C2CCC2)nc1. The number of hydrogen-bond donors (Lipinski definition) is 2. The van der Waals surface area contributed by atoms with Gasteiger partial charge in [-0.1, -0.05) is 18.6 Å². The monoisotopic (exact) mass is 325 g/mol. The van der Waals surface area contributed by atoms with Gasteiger partial charge < -0.3 is 15.4 Å². The van der Waals surface area contributed by atoms with Crippen LogP contribution < -0.4 is 10.6 Å². The molecule has 2 aromatic rings. The summed E-state index contributed by atoms with van der Waals surface area (Å²) in [6.45, 7) is 0. The second kappa shape index (κ2) is 7.12. The predicted octanol–water partition coefficient (Wildman–Crippen LogP) is 3.35. The van der Waals surface area contributed by atoms with E-state index in [4.69, 9.17) is 4.74 Å². The topological polar surface area (TPSA) is 80.3 Å². The molecule has 24 heavy (non-hydrogen) atoms. The van der Waals surface area contributed by atoms with Crippen LogP contribution in [0, 0.1) is 5.92 Å². The molecule has 0 bridgehead atoms. The van der Waals surface area contributed by atoms with Gasteiger partial charge in [0, 0.05) is 5.92 Å². The Morgan fingerprint density at radius 3 is 2.58 bits per heavy atom. The molecular weight excluding hydrogens is 306 g/mol. The maximum absolute atomic E-state index is 11.9. The number of pyridine rings is 1. The Morgan fingerprint density at radius 2 is 1.96 bits per heavy atom. The third kappa shape index (κ3) is 3.53. The van der Waals surface area contributed by atoms with Crippen molar-refractivity contribution >= 4 is 29.1 Å². The molecule has 0 unspecified atom stereocenters. The normalized spacial score (nSPS) is 13.7. The fourth-order valence-electron chi connectivity index (χ4n) is 2.48. The molecule has 0 radical (unpaired) electrons. The lowest BCUT2D eigenvalue weighted by molar-refractivity contribution is -0.122. The molecule has 0 spiro atoms. The van der Waals surface area contributed by atoms with Crippen LogP contribution in [0.3, 0.4) is 0 Å². The maximum Gasteiger partial charge on any atom is 0.339 e. The zero-order valence-corrected chi connectivity index (χ0v) is 13.4. The number of aromatic nitrogens is 1. The summed E-state index contributed by atoms with van der Waals surface area (Å²) in [4.78, 5) is 27.9. The van der Waals surface area contributed by atoms with Crippen LogP contribution in [-0.2, 0) is 9.53 Å². The highest BCUT2D eigenvalue weighted by atomic mass is 16.5. The van der Waals surface area contributed by atoms with Gasteiger partial charge in [0.05, 0.1) is 30.2 Å². The second-order valence-corrected chi connectivity index (χ2v) is 5.71. The number of carbonyl (C=O) groups is 2. The van der Waals surface area contributed by atoms with E-state index in [1.165, 1.54) is 7.11 Å². The lowest BCUT2D eigenvalue weighted by Gasteiger charge is -2.23. The number of nitrogens with zero attached hydrogens (tertiary/aromatic N) is 1. The minimum absolute atomic E-state index is 0.0329. The Balaban J connectivity index is 1.68. The van der Waals surface area contributed by atoms with Gasteiger partial charge in [-0.2, -0.15) is 0 Å². The average Bonchev–Trinajstić information content (AvgIpc) is 2.55. The molecule has 0 saturated heterocycles. The highest BCUT2D eigenvalue weighted by Gasteiger charge is 2.25. The van der Waals surface area contributed by atoms with E-state index in [0.717, 1.165) is 19.3 Å².